The third-order valence-corrected chi connectivity index (χ3v) is 10.4. The predicted octanol–water partition coefficient (Wildman–Crippen LogP) is 3.23. The number of nitrogens with one attached hydrogen (secondary N) is 1. The van der Waals surface area contributed by atoms with E-state index in [9.17, 15) is 18.0 Å². The average molecular weight is 505 g/mol. The van der Waals surface area contributed by atoms with Gasteiger partial charge in [0.15, 0.2) is 14.6 Å². The summed E-state index contributed by atoms with van der Waals surface area (Å²) in [6, 6.07) is 16.2. The Morgan fingerprint density at radius 3 is 2.45 bits per heavy atom. The van der Waals surface area contributed by atoms with Gasteiger partial charge in [0, 0.05) is 35.1 Å². The highest BCUT2D eigenvalue weighted by molar-refractivity contribution is 7.99. The van der Waals surface area contributed by atoms with Crippen molar-refractivity contribution >= 4 is 54.8 Å². The fourth-order valence-electron chi connectivity index (χ4n) is 3.80. The van der Waals surface area contributed by atoms with Gasteiger partial charge in [0.1, 0.15) is 0 Å². The summed E-state index contributed by atoms with van der Waals surface area (Å²) < 4.78 is 31.1. The van der Waals surface area contributed by atoms with Gasteiger partial charge in [0.2, 0.25) is 5.91 Å². The van der Waals surface area contributed by atoms with E-state index >= 15 is 0 Å². The molecule has 2 aromatic carbocycles. The second-order valence-electron chi connectivity index (χ2n) is 7.70. The Labute approximate surface area is 200 Å². The van der Waals surface area contributed by atoms with Crippen molar-refractivity contribution < 1.29 is 22.7 Å². The number of hydrogen-bond donors (Lipinski definition) is 2. The highest BCUT2D eigenvalue weighted by Gasteiger charge is 2.51. The second-order valence-corrected chi connectivity index (χ2v) is 12.2. The largest absolute Gasteiger partial charge is 0.381 e. The highest BCUT2D eigenvalue weighted by Crippen LogP contribution is 2.35. The SMILES string of the molecule is NC(=O)C1(S(=O)(=O)c2ccc(SCCNC(=O)c3cc4ccccc4s3)cc2)CCOCC1. The number of ether oxygens (including phenoxy) is 1. The molecule has 1 fully saturated rings. The maximum atomic E-state index is 13.2. The summed E-state index contributed by atoms with van der Waals surface area (Å²) in [5.41, 5.74) is 5.51. The lowest BCUT2D eigenvalue weighted by Crippen LogP contribution is -2.53. The van der Waals surface area contributed by atoms with Gasteiger partial charge in [-0.3, -0.25) is 9.59 Å². The van der Waals surface area contributed by atoms with Crippen molar-refractivity contribution in [1.29, 1.82) is 0 Å². The standard InChI is InChI=1S/C23H24N2O5S3/c24-22(27)23(9-12-30-13-10-23)33(28,29)18-7-5-17(6-8-18)31-14-11-25-21(26)20-15-16-3-1-2-4-19(16)32-20/h1-8,15H,9-14H2,(H2,24,27)(H,25,26). The van der Waals surface area contributed by atoms with Gasteiger partial charge in [-0.25, -0.2) is 8.42 Å². The number of nitrogens with two attached hydrogens (primary N) is 1. The molecule has 0 radical (unpaired) electrons. The van der Waals surface area contributed by atoms with Crippen LogP contribution < -0.4 is 11.1 Å². The molecular formula is C23H24N2O5S3. The lowest BCUT2D eigenvalue weighted by molar-refractivity contribution is -0.122. The number of hydrogen-bond acceptors (Lipinski definition) is 7. The average Bonchev–Trinajstić information content (AvgIpc) is 3.27. The van der Waals surface area contributed by atoms with Gasteiger partial charge >= 0.3 is 0 Å². The molecule has 3 aromatic rings. The van der Waals surface area contributed by atoms with Gasteiger partial charge in [0.05, 0.1) is 9.77 Å². The molecule has 0 atom stereocenters. The van der Waals surface area contributed by atoms with E-state index in [1.807, 2.05) is 30.3 Å². The number of carbonyl (C=O) groups is 2. The van der Waals surface area contributed by atoms with Crippen LogP contribution in [0.1, 0.15) is 22.5 Å². The first-order valence-electron chi connectivity index (χ1n) is 10.5. The maximum absolute atomic E-state index is 13.2. The van der Waals surface area contributed by atoms with Crippen molar-refractivity contribution in [1.82, 2.24) is 5.32 Å². The minimum absolute atomic E-state index is 0.0562. The fourth-order valence-corrected chi connectivity index (χ4v) is 7.47. The first-order chi connectivity index (χ1) is 15.8. The Bertz CT molecular complexity index is 1230. The van der Waals surface area contributed by atoms with E-state index in [2.05, 4.69) is 5.32 Å². The van der Waals surface area contributed by atoms with Crippen LogP contribution >= 0.6 is 23.1 Å². The Kier molecular flexibility index (Phi) is 7.08. The van der Waals surface area contributed by atoms with E-state index in [-0.39, 0.29) is 36.9 Å². The van der Waals surface area contributed by atoms with E-state index in [1.165, 1.54) is 35.2 Å². The van der Waals surface area contributed by atoms with Crippen LogP contribution in [0.5, 0.6) is 0 Å². The zero-order valence-corrected chi connectivity index (χ0v) is 20.2. The summed E-state index contributed by atoms with van der Waals surface area (Å²) in [4.78, 5) is 26.1. The van der Waals surface area contributed by atoms with Gasteiger partial charge in [-0.15, -0.1) is 23.1 Å². The summed E-state index contributed by atoms with van der Waals surface area (Å²) in [6.45, 7) is 0.842. The van der Waals surface area contributed by atoms with Crippen molar-refractivity contribution in [3.05, 3.63) is 59.5 Å². The smallest absolute Gasteiger partial charge is 0.261 e. The van der Waals surface area contributed by atoms with Crippen molar-refractivity contribution in [2.45, 2.75) is 27.4 Å². The summed E-state index contributed by atoms with van der Waals surface area (Å²) >= 11 is 2.97. The number of primary amides is 1. The van der Waals surface area contributed by atoms with Crippen LogP contribution in [-0.4, -0.2) is 50.5 Å². The first-order valence-corrected chi connectivity index (χ1v) is 13.7. The minimum Gasteiger partial charge on any atom is -0.381 e. The molecule has 1 aliphatic heterocycles. The van der Waals surface area contributed by atoms with Crippen LogP contribution in [0.15, 0.2) is 64.4 Å². The third kappa shape index (κ3) is 4.79. The van der Waals surface area contributed by atoms with Crippen LogP contribution in [0.25, 0.3) is 10.1 Å². The molecule has 33 heavy (non-hydrogen) atoms. The number of amides is 2. The molecule has 1 saturated heterocycles. The second kappa shape index (κ2) is 9.84. The number of thioether (sulfide) groups is 1. The van der Waals surface area contributed by atoms with E-state index in [0.717, 1.165) is 15.0 Å². The molecule has 4 rings (SSSR count). The number of sulfone groups is 1. The van der Waals surface area contributed by atoms with Crippen LogP contribution in [0, 0.1) is 0 Å². The van der Waals surface area contributed by atoms with Gasteiger partial charge in [-0.1, -0.05) is 18.2 Å². The topological polar surface area (TPSA) is 116 Å². The number of rotatable bonds is 8. The summed E-state index contributed by atoms with van der Waals surface area (Å²) in [6.07, 6.45) is 0.112. The number of thiophene rings is 1. The van der Waals surface area contributed by atoms with Crippen LogP contribution in [0.3, 0.4) is 0 Å². The Balaban J connectivity index is 1.34. The number of carbonyl (C=O) groups excluding carboxylic acids is 2. The van der Waals surface area contributed by atoms with E-state index < -0.39 is 20.5 Å². The van der Waals surface area contributed by atoms with E-state index in [0.29, 0.717) is 17.2 Å². The molecule has 0 aliphatic carbocycles. The quantitative estimate of drug-likeness (QED) is 0.359. The minimum atomic E-state index is -3.94. The van der Waals surface area contributed by atoms with Gasteiger partial charge < -0.3 is 15.8 Å². The first kappa shape index (κ1) is 23.7. The molecule has 2 heterocycles. The zero-order chi connectivity index (χ0) is 23.5. The van der Waals surface area contributed by atoms with E-state index in [4.69, 9.17) is 10.5 Å². The normalized spacial score (nSPS) is 15.9. The monoisotopic (exact) mass is 504 g/mol. The van der Waals surface area contributed by atoms with E-state index in [1.54, 1.807) is 12.1 Å². The Morgan fingerprint density at radius 1 is 1.09 bits per heavy atom. The molecule has 0 bridgehead atoms. The van der Waals surface area contributed by atoms with Crippen molar-refractivity contribution in [2.24, 2.45) is 5.73 Å². The van der Waals surface area contributed by atoms with Gasteiger partial charge in [0.25, 0.3) is 5.91 Å². The third-order valence-electron chi connectivity index (χ3n) is 5.70. The lowest BCUT2D eigenvalue weighted by atomic mass is 9.98. The Morgan fingerprint density at radius 2 is 1.79 bits per heavy atom. The zero-order valence-electron chi connectivity index (χ0n) is 17.8. The maximum Gasteiger partial charge on any atom is 0.261 e. The molecule has 7 nitrogen and oxygen atoms in total. The molecular weight excluding hydrogens is 480 g/mol. The molecule has 3 N–H and O–H groups in total. The van der Waals surface area contributed by atoms with Crippen molar-refractivity contribution in [2.75, 3.05) is 25.5 Å². The van der Waals surface area contributed by atoms with Gasteiger partial charge in [-0.2, -0.15) is 0 Å². The van der Waals surface area contributed by atoms with Crippen molar-refractivity contribution in [3.8, 4) is 0 Å². The van der Waals surface area contributed by atoms with Crippen LogP contribution in [-0.2, 0) is 19.4 Å². The number of benzene rings is 2. The molecule has 0 spiro atoms. The van der Waals surface area contributed by atoms with Crippen LogP contribution in [0.2, 0.25) is 0 Å². The van der Waals surface area contributed by atoms with Crippen molar-refractivity contribution in [3.63, 3.8) is 0 Å². The molecule has 0 unspecified atom stereocenters. The molecule has 0 saturated carbocycles. The summed E-state index contributed by atoms with van der Waals surface area (Å²) in [7, 11) is -3.94. The van der Waals surface area contributed by atoms with Crippen LogP contribution in [0.4, 0.5) is 0 Å². The molecule has 10 heteroatoms. The Hall–Kier alpha value is -2.40. The predicted molar refractivity (Wildman–Crippen MR) is 130 cm³/mol. The number of fused-ring (bicyclic) bond motifs is 1. The summed E-state index contributed by atoms with van der Waals surface area (Å²) in [5.74, 6) is -0.309. The molecule has 1 aliphatic rings. The molecule has 1 aromatic heterocycles. The molecule has 174 valence electrons. The summed E-state index contributed by atoms with van der Waals surface area (Å²) in [5, 5.41) is 3.97. The molecule has 2 amide bonds. The van der Waals surface area contributed by atoms with Gasteiger partial charge in [-0.05, 0) is 54.6 Å². The lowest BCUT2D eigenvalue weighted by Gasteiger charge is -2.33. The fraction of sp³-hybridized carbons (Fsp3) is 0.304. The highest BCUT2D eigenvalue weighted by atomic mass is 32.2.